The molecule has 0 spiro atoms. The van der Waals surface area contributed by atoms with E-state index in [1.165, 1.54) is 12.1 Å². The molecule has 0 saturated heterocycles. The second kappa shape index (κ2) is 5.58. The van der Waals surface area contributed by atoms with Gasteiger partial charge in [-0.05, 0) is 43.2 Å². The maximum atomic E-state index is 13.9. The Hall–Kier alpha value is -1.99. The Labute approximate surface area is 133 Å². The quantitative estimate of drug-likeness (QED) is 0.935. The van der Waals surface area contributed by atoms with Crippen molar-refractivity contribution in [2.24, 2.45) is 5.14 Å². The van der Waals surface area contributed by atoms with Crippen molar-refractivity contribution in [2.45, 2.75) is 30.8 Å². The summed E-state index contributed by atoms with van der Waals surface area (Å²) in [5, 5.41) is 5.15. The van der Waals surface area contributed by atoms with Crippen LogP contribution in [0.15, 0.2) is 41.3 Å². The van der Waals surface area contributed by atoms with Gasteiger partial charge in [0.25, 0.3) is 0 Å². The molecule has 2 N–H and O–H groups in total. The lowest BCUT2D eigenvalue weighted by Gasteiger charge is -2.25. The lowest BCUT2D eigenvalue weighted by atomic mass is 10.1. The lowest BCUT2D eigenvalue weighted by molar-refractivity contribution is 0.495. The Morgan fingerprint density at radius 2 is 2.00 bits per heavy atom. The second-order valence-electron chi connectivity index (χ2n) is 5.73. The first-order valence-electron chi connectivity index (χ1n) is 7.12. The molecule has 2 aromatic rings. The first-order valence-corrected chi connectivity index (χ1v) is 8.67. The third-order valence-corrected chi connectivity index (χ3v) is 5.02. The normalized spacial score (nSPS) is 17.4. The van der Waals surface area contributed by atoms with Crippen LogP contribution < -0.4 is 10.0 Å². The van der Waals surface area contributed by atoms with Gasteiger partial charge in [0, 0.05) is 23.8 Å². The van der Waals surface area contributed by atoms with Crippen LogP contribution >= 0.6 is 0 Å². The SMILES string of the molecule is C[C@@H]1Cc2cc(S(N)(=O)=O)ccc2N1Cc1cccc(F)c1F. The fourth-order valence-electron chi connectivity index (χ4n) is 2.94. The van der Waals surface area contributed by atoms with Crippen LogP contribution in [-0.2, 0) is 23.0 Å². The zero-order valence-electron chi connectivity index (χ0n) is 12.5. The van der Waals surface area contributed by atoms with Gasteiger partial charge in [-0.2, -0.15) is 0 Å². The van der Waals surface area contributed by atoms with Crippen molar-refractivity contribution in [3.05, 3.63) is 59.2 Å². The third kappa shape index (κ3) is 2.94. The van der Waals surface area contributed by atoms with Crippen molar-refractivity contribution in [3.8, 4) is 0 Å². The maximum absolute atomic E-state index is 13.9. The molecule has 0 fully saturated rings. The number of fused-ring (bicyclic) bond motifs is 1. The number of anilines is 1. The van der Waals surface area contributed by atoms with E-state index in [4.69, 9.17) is 5.14 Å². The summed E-state index contributed by atoms with van der Waals surface area (Å²) in [6.45, 7) is 2.17. The summed E-state index contributed by atoms with van der Waals surface area (Å²) >= 11 is 0. The van der Waals surface area contributed by atoms with Crippen molar-refractivity contribution in [1.29, 1.82) is 0 Å². The first-order chi connectivity index (χ1) is 10.8. The van der Waals surface area contributed by atoms with Crippen molar-refractivity contribution in [2.75, 3.05) is 4.90 Å². The zero-order valence-corrected chi connectivity index (χ0v) is 13.3. The van der Waals surface area contributed by atoms with Crippen LogP contribution in [-0.4, -0.2) is 14.5 Å². The van der Waals surface area contributed by atoms with E-state index in [2.05, 4.69) is 0 Å². The fourth-order valence-corrected chi connectivity index (χ4v) is 3.51. The van der Waals surface area contributed by atoms with Crippen LogP contribution in [0.2, 0.25) is 0 Å². The second-order valence-corrected chi connectivity index (χ2v) is 7.29. The summed E-state index contributed by atoms with van der Waals surface area (Å²) in [5.41, 5.74) is 1.91. The van der Waals surface area contributed by atoms with Gasteiger partial charge in [-0.3, -0.25) is 0 Å². The molecule has 0 aliphatic carbocycles. The lowest BCUT2D eigenvalue weighted by Crippen LogP contribution is -2.29. The van der Waals surface area contributed by atoms with Gasteiger partial charge in [-0.15, -0.1) is 0 Å². The predicted octanol–water partition coefficient (Wildman–Crippen LogP) is 2.56. The van der Waals surface area contributed by atoms with E-state index in [1.54, 1.807) is 18.2 Å². The Morgan fingerprint density at radius 1 is 1.26 bits per heavy atom. The van der Waals surface area contributed by atoms with E-state index in [0.717, 1.165) is 17.3 Å². The molecular weight excluding hydrogens is 322 g/mol. The maximum Gasteiger partial charge on any atom is 0.238 e. The van der Waals surface area contributed by atoms with Gasteiger partial charge in [-0.25, -0.2) is 22.3 Å². The summed E-state index contributed by atoms with van der Waals surface area (Å²) in [7, 11) is -3.76. The summed E-state index contributed by atoms with van der Waals surface area (Å²) in [4.78, 5) is 1.99. The van der Waals surface area contributed by atoms with Crippen molar-refractivity contribution < 1.29 is 17.2 Å². The molecule has 23 heavy (non-hydrogen) atoms. The molecule has 122 valence electrons. The van der Waals surface area contributed by atoms with E-state index in [9.17, 15) is 17.2 Å². The number of rotatable bonds is 3. The average molecular weight is 338 g/mol. The number of halogens is 2. The summed E-state index contributed by atoms with van der Waals surface area (Å²) < 4.78 is 50.1. The molecule has 2 aromatic carbocycles. The number of sulfonamides is 1. The number of nitrogens with zero attached hydrogens (tertiary/aromatic N) is 1. The van der Waals surface area contributed by atoms with Crippen molar-refractivity contribution >= 4 is 15.7 Å². The molecule has 0 aromatic heterocycles. The molecule has 0 amide bonds. The van der Waals surface area contributed by atoms with Crippen LogP contribution in [0.5, 0.6) is 0 Å². The van der Waals surface area contributed by atoms with Crippen molar-refractivity contribution in [1.82, 2.24) is 0 Å². The van der Waals surface area contributed by atoms with E-state index in [1.807, 2.05) is 11.8 Å². The van der Waals surface area contributed by atoms with Gasteiger partial charge in [-0.1, -0.05) is 12.1 Å². The van der Waals surface area contributed by atoms with E-state index in [0.29, 0.717) is 6.42 Å². The smallest absolute Gasteiger partial charge is 0.238 e. The first kappa shape index (κ1) is 15.9. The third-order valence-electron chi connectivity index (χ3n) is 4.11. The highest BCUT2D eigenvalue weighted by molar-refractivity contribution is 7.89. The van der Waals surface area contributed by atoms with Crippen LogP contribution in [0.4, 0.5) is 14.5 Å². The number of hydrogen-bond donors (Lipinski definition) is 1. The Balaban J connectivity index is 1.96. The van der Waals surface area contributed by atoms with Gasteiger partial charge in [0.1, 0.15) is 0 Å². The van der Waals surface area contributed by atoms with Gasteiger partial charge < -0.3 is 4.90 Å². The molecular formula is C16H16F2N2O2S. The Kier molecular flexibility index (Phi) is 3.85. The Bertz CT molecular complexity index is 868. The molecule has 7 heteroatoms. The van der Waals surface area contributed by atoms with Crippen molar-refractivity contribution in [3.63, 3.8) is 0 Å². The van der Waals surface area contributed by atoms with Crippen LogP contribution in [0.3, 0.4) is 0 Å². The van der Waals surface area contributed by atoms with Gasteiger partial charge in [0.05, 0.1) is 4.90 Å². The number of nitrogens with two attached hydrogens (primary N) is 1. The molecule has 0 saturated carbocycles. The fraction of sp³-hybridized carbons (Fsp3) is 0.250. The monoisotopic (exact) mass is 338 g/mol. The standard InChI is InChI=1S/C16H16F2N2O2S/c1-10-7-12-8-13(23(19,21)22)5-6-15(12)20(10)9-11-3-2-4-14(17)16(11)18/h2-6,8,10H,7,9H2,1H3,(H2,19,21,22)/t10-/m1/s1. The minimum absolute atomic E-state index is 0.0448. The molecule has 3 rings (SSSR count). The molecule has 0 radical (unpaired) electrons. The molecule has 1 atom stereocenters. The highest BCUT2D eigenvalue weighted by Crippen LogP contribution is 2.35. The van der Waals surface area contributed by atoms with E-state index >= 15 is 0 Å². The van der Waals surface area contributed by atoms with Crippen LogP contribution in [0, 0.1) is 11.6 Å². The average Bonchev–Trinajstić information content (AvgIpc) is 2.78. The molecule has 4 nitrogen and oxygen atoms in total. The largest absolute Gasteiger partial charge is 0.364 e. The van der Waals surface area contributed by atoms with Crippen LogP contribution in [0.1, 0.15) is 18.1 Å². The minimum atomic E-state index is -3.76. The number of benzene rings is 2. The topological polar surface area (TPSA) is 63.4 Å². The van der Waals surface area contributed by atoms with Crippen LogP contribution in [0.25, 0.3) is 0 Å². The molecule has 1 heterocycles. The van der Waals surface area contributed by atoms with Gasteiger partial charge in [0.2, 0.25) is 10.0 Å². The summed E-state index contributed by atoms with van der Waals surface area (Å²) in [5.74, 6) is -1.73. The molecule has 0 bridgehead atoms. The zero-order chi connectivity index (χ0) is 16.8. The minimum Gasteiger partial charge on any atom is -0.364 e. The molecule has 1 aliphatic rings. The highest BCUT2D eigenvalue weighted by Gasteiger charge is 2.28. The summed E-state index contributed by atoms with van der Waals surface area (Å²) in [6.07, 6.45) is 0.621. The number of hydrogen-bond acceptors (Lipinski definition) is 3. The predicted molar refractivity (Wildman–Crippen MR) is 83.5 cm³/mol. The number of primary sulfonamides is 1. The highest BCUT2D eigenvalue weighted by atomic mass is 32.2. The molecule has 0 unspecified atom stereocenters. The van der Waals surface area contributed by atoms with Gasteiger partial charge >= 0.3 is 0 Å². The molecule has 1 aliphatic heterocycles. The summed E-state index contributed by atoms with van der Waals surface area (Å²) in [6, 6.07) is 8.78. The van der Waals surface area contributed by atoms with Gasteiger partial charge in [0.15, 0.2) is 11.6 Å². The Morgan fingerprint density at radius 3 is 2.70 bits per heavy atom. The van der Waals surface area contributed by atoms with E-state index < -0.39 is 21.7 Å². The van der Waals surface area contributed by atoms with E-state index in [-0.39, 0.29) is 23.0 Å².